The van der Waals surface area contributed by atoms with Crippen LogP contribution in [0.15, 0.2) is 18.2 Å². The Kier molecular flexibility index (Phi) is 5.88. The molecule has 0 saturated carbocycles. The van der Waals surface area contributed by atoms with Crippen molar-refractivity contribution < 1.29 is 14.3 Å². The third-order valence-corrected chi connectivity index (χ3v) is 4.34. The highest BCUT2D eigenvalue weighted by molar-refractivity contribution is 5.95. The van der Waals surface area contributed by atoms with Crippen LogP contribution in [-0.2, 0) is 0 Å². The maximum absolute atomic E-state index is 12.7. The molecule has 2 N–H and O–H groups in total. The highest BCUT2D eigenvalue weighted by Gasteiger charge is 2.26. The van der Waals surface area contributed by atoms with Crippen LogP contribution < -0.4 is 15.2 Å². The van der Waals surface area contributed by atoms with Crippen LogP contribution in [0.1, 0.15) is 44.0 Å². The van der Waals surface area contributed by atoms with Gasteiger partial charge in [-0.2, -0.15) is 0 Å². The summed E-state index contributed by atoms with van der Waals surface area (Å²) in [6.45, 7) is 7.48. The van der Waals surface area contributed by atoms with Crippen molar-refractivity contribution in [1.29, 1.82) is 0 Å². The van der Waals surface area contributed by atoms with E-state index in [1.54, 1.807) is 25.3 Å². The SMILES string of the molecule is COc1cc(C(=O)N2CCC(C(C)N)CC2)ccc1OC(C)C. The van der Waals surface area contributed by atoms with Gasteiger partial charge in [0.1, 0.15) is 0 Å². The Morgan fingerprint density at radius 3 is 2.39 bits per heavy atom. The number of methoxy groups -OCH3 is 1. The van der Waals surface area contributed by atoms with Crippen molar-refractivity contribution in [1.82, 2.24) is 4.90 Å². The third kappa shape index (κ3) is 4.38. The molecule has 1 aromatic carbocycles. The van der Waals surface area contributed by atoms with Gasteiger partial charge in [-0.15, -0.1) is 0 Å². The van der Waals surface area contributed by atoms with Crippen molar-refractivity contribution >= 4 is 5.91 Å². The fraction of sp³-hybridized carbons (Fsp3) is 0.611. The lowest BCUT2D eigenvalue weighted by Gasteiger charge is -2.33. The number of nitrogens with two attached hydrogens (primary N) is 1. The number of hydrogen-bond acceptors (Lipinski definition) is 4. The van der Waals surface area contributed by atoms with Crippen LogP contribution >= 0.6 is 0 Å². The third-order valence-electron chi connectivity index (χ3n) is 4.34. The van der Waals surface area contributed by atoms with Crippen LogP contribution in [0.25, 0.3) is 0 Å². The van der Waals surface area contributed by atoms with Gasteiger partial charge in [0.15, 0.2) is 11.5 Å². The molecule has 2 rings (SSSR count). The van der Waals surface area contributed by atoms with Crippen molar-refractivity contribution in [2.75, 3.05) is 20.2 Å². The second-order valence-electron chi connectivity index (χ2n) is 6.52. The number of rotatable bonds is 5. The zero-order valence-electron chi connectivity index (χ0n) is 14.5. The van der Waals surface area contributed by atoms with E-state index in [2.05, 4.69) is 0 Å². The molecule has 23 heavy (non-hydrogen) atoms. The zero-order valence-corrected chi connectivity index (χ0v) is 14.5. The molecule has 0 aromatic heterocycles. The Morgan fingerprint density at radius 2 is 1.87 bits per heavy atom. The maximum Gasteiger partial charge on any atom is 0.253 e. The number of likely N-dealkylation sites (tertiary alicyclic amines) is 1. The number of hydrogen-bond donors (Lipinski definition) is 1. The summed E-state index contributed by atoms with van der Waals surface area (Å²) in [5.74, 6) is 1.81. The second-order valence-corrected chi connectivity index (χ2v) is 6.52. The van der Waals surface area contributed by atoms with Gasteiger partial charge in [-0.3, -0.25) is 4.79 Å². The van der Waals surface area contributed by atoms with Crippen LogP contribution in [0.5, 0.6) is 11.5 Å². The monoisotopic (exact) mass is 320 g/mol. The van der Waals surface area contributed by atoms with E-state index < -0.39 is 0 Å². The van der Waals surface area contributed by atoms with Crippen molar-refractivity contribution in [3.8, 4) is 11.5 Å². The van der Waals surface area contributed by atoms with Gasteiger partial charge in [-0.25, -0.2) is 0 Å². The minimum absolute atomic E-state index is 0.0440. The van der Waals surface area contributed by atoms with Gasteiger partial charge < -0.3 is 20.1 Å². The first kappa shape index (κ1) is 17.6. The van der Waals surface area contributed by atoms with Crippen LogP contribution in [0.2, 0.25) is 0 Å². The van der Waals surface area contributed by atoms with E-state index in [9.17, 15) is 4.79 Å². The molecule has 128 valence electrons. The molecule has 1 heterocycles. The molecule has 5 heteroatoms. The number of carbonyl (C=O) groups excluding carboxylic acids is 1. The minimum Gasteiger partial charge on any atom is -0.493 e. The first-order valence-corrected chi connectivity index (χ1v) is 8.32. The summed E-state index contributed by atoms with van der Waals surface area (Å²) in [5, 5.41) is 0. The molecule has 1 atom stereocenters. The second kappa shape index (κ2) is 7.68. The lowest BCUT2D eigenvalue weighted by molar-refractivity contribution is 0.0680. The molecule has 0 bridgehead atoms. The molecule has 1 aliphatic rings. The van der Waals surface area contributed by atoms with E-state index in [0.717, 1.165) is 25.9 Å². The number of piperidine rings is 1. The molecular weight excluding hydrogens is 292 g/mol. The van der Waals surface area contributed by atoms with Crippen molar-refractivity contribution in [2.45, 2.75) is 45.8 Å². The van der Waals surface area contributed by atoms with Gasteiger partial charge in [0.05, 0.1) is 13.2 Å². The van der Waals surface area contributed by atoms with Crippen molar-refractivity contribution in [2.24, 2.45) is 11.7 Å². The highest BCUT2D eigenvalue weighted by atomic mass is 16.5. The largest absolute Gasteiger partial charge is 0.493 e. The maximum atomic E-state index is 12.7. The van der Waals surface area contributed by atoms with E-state index in [4.69, 9.17) is 15.2 Å². The predicted octanol–water partition coefficient (Wildman–Crippen LogP) is 2.68. The fourth-order valence-electron chi connectivity index (χ4n) is 2.96. The van der Waals surface area contributed by atoms with Crippen LogP contribution in [-0.4, -0.2) is 43.2 Å². The molecule has 1 fully saturated rings. The first-order valence-electron chi connectivity index (χ1n) is 8.32. The number of benzene rings is 1. The van der Waals surface area contributed by atoms with Gasteiger partial charge in [-0.1, -0.05) is 0 Å². The van der Waals surface area contributed by atoms with E-state index in [1.807, 2.05) is 25.7 Å². The summed E-state index contributed by atoms with van der Waals surface area (Å²) in [4.78, 5) is 14.6. The molecule has 5 nitrogen and oxygen atoms in total. The molecule has 1 unspecified atom stereocenters. The van der Waals surface area contributed by atoms with Crippen LogP contribution in [0.3, 0.4) is 0 Å². The average molecular weight is 320 g/mol. The summed E-state index contributed by atoms with van der Waals surface area (Å²) >= 11 is 0. The van der Waals surface area contributed by atoms with Gasteiger partial charge in [0, 0.05) is 24.7 Å². The smallest absolute Gasteiger partial charge is 0.253 e. The van der Waals surface area contributed by atoms with Crippen molar-refractivity contribution in [3.05, 3.63) is 23.8 Å². The Balaban J connectivity index is 2.08. The lowest BCUT2D eigenvalue weighted by Crippen LogP contribution is -2.42. The number of amides is 1. The number of carbonyl (C=O) groups is 1. The van der Waals surface area contributed by atoms with E-state index in [0.29, 0.717) is 23.0 Å². The Labute approximate surface area is 138 Å². The molecule has 1 aliphatic heterocycles. The molecule has 0 aliphatic carbocycles. The number of ether oxygens (including phenoxy) is 2. The van der Waals surface area contributed by atoms with Gasteiger partial charge in [0.25, 0.3) is 5.91 Å². The van der Waals surface area contributed by atoms with Crippen LogP contribution in [0.4, 0.5) is 0 Å². The fourth-order valence-corrected chi connectivity index (χ4v) is 2.96. The Morgan fingerprint density at radius 1 is 1.22 bits per heavy atom. The average Bonchev–Trinajstić information content (AvgIpc) is 2.54. The normalized spacial score (nSPS) is 17.2. The summed E-state index contributed by atoms with van der Waals surface area (Å²) in [5.41, 5.74) is 6.60. The molecule has 1 aromatic rings. The summed E-state index contributed by atoms with van der Waals surface area (Å²) in [6, 6.07) is 5.57. The van der Waals surface area contributed by atoms with Gasteiger partial charge in [-0.05, 0) is 57.7 Å². The van der Waals surface area contributed by atoms with Crippen molar-refractivity contribution in [3.63, 3.8) is 0 Å². The lowest BCUT2D eigenvalue weighted by atomic mass is 9.90. The van der Waals surface area contributed by atoms with E-state index in [1.165, 1.54) is 0 Å². The summed E-state index contributed by atoms with van der Waals surface area (Å²) in [7, 11) is 1.59. The quantitative estimate of drug-likeness (QED) is 0.906. The molecule has 1 amide bonds. The highest BCUT2D eigenvalue weighted by Crippen LogP contribution is 2.30. The molecule has 0 spiro atoms. The molecule has 0 radical (unpaired) electrons. The minimum atomic E-state index is 0.0440. The molecular formula is C18H28N2O3. The first-order chi connectivity index (χ1) is 10.9. The predicted molar refractivity (Wildman–Crippen MR) is 91.0 cm³/mol. The van der Waals surface area contributed by atoms with E-state index in [-0.39, 0.29) is 18.1 Å². The Bertz CT molecular complexity index is 535. The van der Waals surface area contributed by atoms with Gasteiger partial charge in [0.2, 0.25) is 0 Å². The zero-order chi connectivity index (χ0) is 17.0. The molecule has 1 saturated heterocycles. The summed E-state index contributed by atoms with van der Waals surface area (Å²) in [6.07, 6.45) is 1.99. The van der Waals surface area contributed by atoms with E-state index >= 15 is 0 Å². The topological polar surface area (TPSA) is 64.8 Å². The standard InChI is InChI=1S/C18H28N2O3/c1-12(2)23-16-6-5-15(11-17(16)22-4)18(21)20-9-7-14(8-10-20)13(3)19/h5-6,11-14H,7-10,19H2,1-4H3. The Hall–Kier alpha value is -1.75. The summed E-state index contributed by atoms with van der Waals surface area (Å²) < 4.78 is 11.1. The number of nitrogens with zero attached hydrogens (tertiary/aromatic N) is 1. The van der Waals surface area contributed by atoms with Crippen LogP contribution in [0, 0.1) is 5.92 Å². The van der Waals surface area contributed by atoms with Gasteiger partial charge >= 0.3 is 0 Å².